The summed E-state index contributed by atoms with van der Waals surface area (Å²) in [6, 6.07) is 0.951. The van der Waals surface area contributed by atoms with E-state index in [-0.39, 0.29) is 0 Å². The summed E-state index contributed by atoms with van der Waals surface area (Å²) in [4.78, 5) is 36.9. The summed E-state index contributed by atoms with van der Waals surface area (Å²) in [5.74, 6) is 0. The minimum atomic E-state index is -1.51. The highest BCUT2D eigenvalue weighted by molar-refractivity contribution is 5.74. The molecule has 0 fully saturated rings. The monoisotopic (exact) mass is 258 g/mol. The number of rotatable bonds is 4. The Morgan fingerprint density at radius 2 is 0.889 bits per heavy atom. The molecule has 0 bridgehead atoms. The van der Waals surface area contributed by atoms with Crippen molar-refractivity contribution in [1.82, 2.24) is 0 Å². The lowest BCUT2D eigenvalue weighted by molar-refractivity contribution is -0.451. The molecule has 18 heavy (non-hydrogen) atoms. The number of nitro benzene ring substituents is 4. The van der Waals surface area contributed by atoms with Crippen LogP contribution in [0.15, 0.2) is 12.1 Å². The number of nitro groups is 4. The van der Waals surface area contributed by atoms with Crippen LogP contribution in [0.5, 0.6) is 0 Å². The standard InChI is InChI=1S/C6H2N4O8/c11-7(12)3-1-2-4(8(13)14)6(10(17)18)5(3)9(15)16/h1-2H. The van der Waals surface area contributed by atoms with Gasteiger partial charge in [0.15, 0.2) is 0 Å². The Morgan fingerprint density at radius 3 is 1.06 bits per heavy atom. The fourth-order valence-corrected chi connectivity index (χ4v) is 1.21. The fraction of sp³-hybridized carbons (Fsp3) is 0. The van der Waals surface area contributed by atoms with Crippen molar-refractivity contribution in [3.8, 4) is 0 Å². The summed E-state index contributed by atoms with van der Waals surface area (Å²) in [6.45, 7) is 0. The van der Waals surface area contributed by atoms with Crippen LogP contribution < -0.4 is 0 Å². The maximum Gasteiger partial charge on any atom is 0.429 e. The van der Waals surface area contributed by atoms with Gasteiger partial charge in [-0.25, -0.2) is 0 Å². The molecule has 0 atom stereocenters. The Balaban J connectivity index is 3.82. The van der Waals surface area contributed by atoms with E-state index in [2.05, 4.69) is 0 Å². The number of nitrogens with zero attached hydrogens (tertiary/aromatic N) is 4. The van der Waals surface area contributed by atoms with Gasteiger partial charge in [-0.2, -0.15) is 0 Å². The SMILES string of the molecule is O=[N+]([O-])c1ccc([N+](=O)[O-])c([N+](=O)[O-])c1[N+](=O)[O-]. The topological polar surface area (TPSA) is 173 Å². The Morgan fingerprint density at radius 1 is 0.611 bits per heavy atom. The van der Waals surface area contributed by atoms with Crippen LogP contribution in [-0.4, -0.2) is 19.7 Å². The van der Waals surface area contributed by atoms with Crippen LogP contribution in [0.2, 0.25) is 0 Å². The van der Waals surface area contributed by atoms with E-state index in [4.69, 9.17) is 0 Å². The third-order valence-corrected chi connectivity index (χ3v) is 1.87. The smallest absolute Gasteiger partial charge is 0.258 e. The van der Waals surface area contributed by atoms with Crippen LogP contribution in [0.25, 0.3) is 0 Å². The second-order valence-corrected chi connectivity index (χ2v) is 2.83. The molecular formula is C6H2N4O8. The highest BCUT2D eigenvalue weighted by Crippen LogP contribution is 2.42. The molecule has 0 aliphatic heterocycles. The second kappa shape index (κ2) is 4.36. The van der Waals surface area contributed by atoms with E-state index in [9.17, 15) is 40.5 Å². The number of hydrogen-bond acceptors (Lipinski definition) is 8. The molecule has 1 rings (SSSR count). The molecule has 0 spiro atoms. The zero-order chi connectivity index (χ0) is 14.0. The molecule has 0 N–H and O–H groups in total. The third kappa shape index (κ3) is 2.01. The number of hydrogen-bond donors (Lipinski definition) is 0. The predicted molar refractivity (Wildman–Crippen MR) is 53.1 cm³/mol. The van der Waals surface area contributed by atoms with Crippen molar-refractivity contribution >= 4 is 22.7 Å². The van der Waals surface area contributed by atoms with Crippen LogP contribution in [0.3, 0.4) is 0 Å². The minimum Gasteiger partial charge on any atom is -0.258 e. The van der Waals surface area contributed by atoms with E-state index in [0.717, 1.165) is 0 Å². The Kier molecular flexibility index (Phi) is 3.12. The van der Waals surface area contributed by atoms with Gasteiger partial charge in [-0.05, 0) is 0 Å². The van der Waals surface area contributed by atoms with Gasteiger partial charge in [-0.3, -0.25) is 40.5 Å². The molecule has 0 heterocycles. The molecule has 94 valence electrons. The highest BCUT2D eigenvalue weighted by atomic mass is 16.7. The van der Waals surface area contributed by atoms with Gasteiger partial charge in [0.05, 0.1) is 19.7 Å². The van der Waals surface area contributed by atoms with Gasteiger partial charge in [0.1, 0.15) is 0 Å². The van der Waals surface area contributed by atoms with Gasteiger partial charge in [-0.15, -0.1) is 0 Å². The summed E-state index contributed by atoms with van der Waals surface area (Å²) in [5.41, 5.74) is -5.40. The van der Waals surface area contributed by atoms with E-state index in [1.54, 1.807) is 0 Å². The molecule has 12 nitrogen and oxygen atoms in total. The van der Waals surface area contributed by atoms with E-state index in [0.29, 0.717) is 12.1 Å². The lowest BCUT2D eigenvalue weighted by atomic mass is 10.2. The molecular weight excluding hydrogens is 256 g/mol. The van der Waals surface area contributed by atoms with E-state index in [1.165, 1.54) is 0 Å². The maximum absolute atomic E-state index is 10.6. The van der Waals surface area contributed by atoms with Crippen molar-refractivity contribution in [3.63, 3.8) is 0 Å². The fourth-order valence-electron chi connectivity index (χ4n) is 1.21. The van der Waals surface area contributed by atoms with Crippen LogP contribution in [0.1, 0.15) is 0 Å². The molecule has 0 amide bonds. The maximum atomic E-state index is 10.6. The molecule has 0 radical (unpaired) electrons. The second-order valence-electron chi connectivity index (χ2n) is 2.83. The van der Waals surface area contributed by atoms with E-state index < -0.39 is 42.4 Å². The summed E-state index contributed by atoms with van der Waals surface area (Å²) >= 11 is 0. The molecule has 0 unspecified atom stereocenters. The number of benzene rings is 1. The van der Waals surface area contributed by atoms with Gasteiger partial charge >= 0.3 is 22.7 Å². The summed E-state index contributed by atoms with van der Waals surface area (Å²) in [5, 5.41) is 42.2. The van der Waals surface area contributed by atoms with Crippen molar-refractivity contribution in [3.05, 3.63) is 52.6 Å². The first-order valence-electron chi connectivity index (χ1n) is 4.02. The Labute approximate surface area is 96.0 Å². The molecule has 0 aliphatic rings. The highest BCUT2D eigenvalue weighted by Gasteiger charge is 2.43. The van der Waals surface area contributed by atoms with Gasteiger partial charge < -0.3 is 0 Å². The molecule has 12 heteroatoms. The van der Waals surface area contributed by atoms with Crippen LogP contribution in [0, 0.1) is 40.5 Å². The summed E-state index contributed by atoms with van der Waals surface area (Å²) in [7, 11) is 0. The molecule has 1 aromatic rings. The van der Waals surface area contributed by atoms with Crippen molar-refractivity contribution in [2.75, 3.05) is 0 Å². The lowest BCUT2D eigenvalue weighted by Crippen LogP contribution is -2.04. The van der Waals surface area contributed by atoms with Crippen molar-refractivity contribution in [1.29, 1.82) is 0 Å². The van der Waals surface area contributed by atoms with Gasteiger partial charge in [0, 0.05) is 12.1 Å². The normalized spacial score (nSPS) is 9.78. The molecule has 0 aliphatic carbocycles. The quantitative estimate of drug-likeness (QED) is 0.573. The minimum absolute atomic E-state index is 0.475. The molecule has 0 saturated heterocycles. The summed E-state index contributed by atoms with van der Waals surface area (Å²) < 4.78 is 0. The van der Waals surface area contributed by atoms with E-state index >= 15 is 0 Å². The average molecular weight is 258 g/mol. The average Bonchev–Trinajstić information content (AvgIpc) is 2.26. The lowest BCUT2D eigenvalue weighted by Gasteiger charge is -1.97. The zero-order valence-electron chi connectivity index (χ0n) is 8.21. The first kappa shape index (κ1) is 12.9. The van der Waals surface area contributed by atoms with Crippen molar-refractivity contribution < 1.29 is 19.7 Å². The first-order valence-corrected chi connectivity index (χ1v) is 4.02. The van der Waals surface area contributed by atoms with Crippen molar-refractivity contribution in [2.45, 2.75) is 0 Å². The molecule has 0 saturated carbocycles. The van der Waals surface area contributed by atoms with E-state index in [1.807, 2.05) is 0 Å². The first-order chi connectivity index (χ1) is 8.27. The predicted octanol–water partition coefficient (Wildman–Crippen LogP) is 1.32. The van der Waals surface area contributed by atoms with Gasteiger partial charge in [0.25, 0.3) is 0 Å². The zero-order valence-corrected chi connectivity index (χ0v) is 8.21. The third-order valence-electron chi connectivity index (χ3n) is 1.87. The van der Waals surface area contributed by atoms with Crippen LogP contribution in [-0.2, 0) is 0 Å². The molecule has 1 aromatic carbocycles. The van der Waals surface area contributed by atoms with Crippen molar-refractivity contribution in [2.24, 2.45) is 0 Å². The largest absolute Gasteiger partial charge is 0.429 e. The van der Waals surface area contributed by atoms with Gasteiger partial charge in [0.2, 0.25) is 0 Å². The van der Waals surface area contributed by atoms with Crippen LogP contribution >= 0.6 is 0 Å². The Bertz CT molecular complexity index is 530. The Hall–Kier alpha value is -3.18. The molecule has 0 aromatic heterocycles. The summed E-state index contributed by atoms with van der Waals surface area (Å²) in [6.07, 6.45) is 0. The van der Waals surface area contributed by atoms with Crippen LogP contribution in [0.4, 0.5) is 22.7 Å². The van der Waals surface area contributed by atoms with Gasteiger partial charge in [-0.1, -0.05) is 0 Å².